The maximum Gasteiger partial charge on any atom is 0.243 e. The van der Waals surface area contributed by atoms with Gasteiger partial charge in [0.2, 0.25) is 10.0 Å². The van der Waals surface area contributed by atoms with Gasteiger partial charge < -0.3 is 4.74 Å². The van der Waals surface area contributed by atoms with E-state index in [9.17, 15) is 8.42 Å². The molecule has 0 unspecified atom stereocenters. The van der Waals surface area contributed by atoms with Crippen molar-refractivity contribution in [3.8, 4) is 0 Å². The lowest BCUT2D eigenvalue weighted by Gasteiger charge is -2.34. The third kappa shape index (κ3) is 6.30. The summed E-state index contributed by atoms with van der Waals surface area (Å²) in [5.74, 6) is 0.489. The van der Waals surface area contributed by atoms with E-state index in [1.54, 1.807) is 42.7 Å². The topological polar surface area (TPSA) is 49.9 Å². The van der Waals surface area contributed by atoms with Crippen LogP contribution in [0.25, 0.3) is 0 Å². The van der Waals surface area contributed by atoms with Crippen molar-refractivity contribution in [3.63, 3.8) is 0 Å². The average molecular weight is 465 g/mol. The minimum absolute atomic E-state index is 0.0330. The quantitative estimate of drug-likeness (QED) is 0.536. The number of methoxy groups -OCH3 is 1. The first-order chi connectivity index (χ1) is 14.8. The highest BCUT2D eigenvalue weighted by Gasteiger charge is 2.31. The van der Waals surface area contributed by atoms with Gasteiger partial charge in [0.05, 0.1) is 11.5 Å². The normalized spacial score (nSPS) is 19.8. The summed E-state index contributed by atoms with van der Waals surface area (Å²) < 4.78 is 32.6. The average Bonchev–Trinajstić information content (AvgIpc) is 2.78. The third-order valence-corrected chi connectivity index (χ3v) is 8.46. The minimum atomic E-state index is -3.50. The monoisotopic (exact) mass is 464 g/mol. The Morgan fingerprint density at radius 1 is 0.968 bits per heavy atom. The van der Waals surface area contributed by atoms with Crippen LogP contribution < -0.4 is 0 Å². The van der Waals surface area contributed by atoms with Gasteiger partial charge in [-0.1, -0.05) is 35.9 Å². The molecule has 5 nitrogen and oxygen atoms in total. The van der Waals surface area contributed by atoms with E-state index in [1.165, 1.54) is 11.1 Å². The zero-order valence-electron chi connectivity index (χ0n) is 18.6. The van der Waals surface area contributed by atoms with Crippen LogP contribution in [0.1, 0.15) is 42.7 Å². The highest BCUT2D eigenvalue weighted by Crippen LogP contribution is 2.36. The summed E-state index contributed by atoms with van der Waals surface area (Å²) in [6.07, 6.45) is 3.74. The van der Waals surface area contributed by atoms with E-state index < -0.39 is 10.0 Å². The minimum Gasteiger partial charge on any atom is -0.383 e. The lowest BCUT2D eigenvalue weighted by molar-refractivity contribution is 0.158. The summed E-state index contributed by atoms with van der Waals surface area (Å²) in [6, 6.07) is 15.3. The number of hydrogen-bond donors (Lipinski definition) is 0. The SMILES string of the molecule is COCCN(C)Cc1ccc(C2CCC(N(C)S(=O)(=O)c3ccc(Cl)cc3)CC2)cc1. The van der Waals surface area contributed by atoms with Crippen molar-refractivity contribution in [1.29, 1.82) is 0 Å². The van der Waals surface area contributed by atoms with Gasteiger partial charge in [0.1, 0.15) is 0 Å². The molecular formula is C24H33ClN2O3S. The molecule has 0 aromatic heterocycles. The molecule has 0 spiro atoms. The molecule has 1 fully saturated rings. The van der Waals surface area contributed by atoms with Crippen LogP contribution in [0.3, 0.4) is 0 Å². The van der Waals surface area contributed by atoms with Gasteiger partial charge in [-0.2, -0.15) is 4.31 Å². The highest BCUT2D eigenvalue weighted by atomic mass is 35.5. The van der Waals surface area contributed by atoms with Gasteiger partial charge >= 0.3 is 0 Å². The Balaban J connectivity index is 1.56. The Kier molecular flexibility index (Phi) is 8.53. The van der Waals surface area contributed by atoms with Crippen molar-refractivity contribution in [2.45, 2.75) is 49.1 Å². The van der Waals surface area contributed by atoms with Gasteiger partial charge in [0.25, 0.3) is 0 Å². The maximum absolute atomic E-state index is 13.0. The number of sulfonamides is 1. The Labute approximate surface area is 192 Å². The summed E-state index contributed by atoms with van der Waals surface area (Å²) in [7, 11) is 2.02. The Bertz CT molecular complexity index is 924. The molecule has 0 N–H and O–H groups in total. The van der Waals surface area contributed by atoms with Gasteiger partial charge in [0.15, 0.2) is 0 Å². The Morgan fingerprint density at radius 3 is 2.16 bits per heavy atom. The van der Waals surface area contributed by atoms with Crippen molar-refractivity contribution in [2.24, 2.45) is 0 Å². The van der Waals surface area contributed by atoms with Crippen LogP contribution >= 0.6 is 11.6 Å². The van der Waals surface area contributed by atoms with E-state index in [4.69, 9.17) is 16.3 Å². The molecule has 0 heterocycles. The number of ether oxygens (including phenoxy) is 1. The molecule has 2 aromatic rings. The predicted octanol–water partition coefficient (Wildman–Crippen LogP) is 4.77. The molecule has 7 heteroatoms. The first kappa shape index (κ1) is 24.2. The number of rotatable bonds is 9. The van der Waals surface area contributed by atoms with Crippen LogP contribution in [0.2, 0.25) is 5.02 Å². The van der Waals surface area contributed by atoms with Crippen LogP contribution in [0.15, 0.2) is 53.4 Å². The van der Waals surface area contributed by atoms with Gasteiger partial charge in [-0.25, -0.2) is 8.42 Å². The summed E-state index contributed by atoms with van der Waals surface area (Å²) in [6.45, 7) is 2.55. The van der Waals surface area contributed by atoms with E-state index >= 15 is 0 Å². The molecule has 31 heavy (non-hydrogen) atoms. The Hall–Kier alpha value is -1.44. The Morgan fingerprint density at radius 2 is 1.58 bits per heavy atom. The summed E-state index contributed by atoms with van der Waals surface area (Å²) in [5.41, 5.74) is 2.65. The number of benzene rings is 2. The fourth-order valence-corrected chi connectivity index (χ4v) is 5.82. The molecule has 1 aliphatic carbocycles. The van der Waals surface area contributed by atoms with Crippen LogP contribution in [0.4, 0.5) is 0 Å². The first-order valence-corrected chi connectivity index (χ1v) is 12.6. The first-order valence-electron chi connectivity index (χ1n) is 10.8. The molecule has 170 valence electrons. The molecule has 0 saturated heterocycles. The molecule has 0 radical (unpaired) electrons. The van der Waals surface area contributed by atoms with Crippen LogP contribution in [-0.2, 0) is 21.3 Å². The molecule has 0 aliphatic heterocycles. The molecule has 3 rings (SSSR count). The van der Waals surface area contributed by atoms with Gasteiger partial charge in [-0.05, 0) is 74.0 Å². The zero-order chi connectivity index (χ0) is 22.4. The van der Waals surface area contributed by atoms with Crippen molar-refractivity contribution < 1.29 is 13.2 Å². The van der Waals surface area contributed by atoms with Gasteiger partial charge in [0, 0.05) is 38.3 Å². The lowest BCUT2D eigenvalue weighted by Crippen LogP contribution is -2.39. The summed E-state index contributed by atoms with van der Waals surface area (Å²) >= 11 is 5.90. The van der Waals surface area contributed by atoms with E-state index in [-0.39, 0.29) is 6.04 Å². The fourth-order valence-electron chi connectivity index (χ4n) is 4.27. The van der Waals surface area contributed by atoms with Crippen LogP contribution in [0, 0.1) is 0 Å². The van der Waals surface area contributed by atoms with Crippen LogP contribution in [-0.4, -0.2) is 58.0 Å². The molecule has 0 amide bonds. The largest absolute Gasteiger partial charge is 0.383 e. The summed E-state index contributed by atoms with van der Waals surface area (Å²) in [4.78, 5) is 2.55. The summed E-state index contributed by atoms with van der Waals surface area (Å²) in [5, 5.41) is 0.537. The van der Waals surface area contributed by atoms with Crippen molar-refractivity contribution in [3.05, 3.63) is 64.7 Å². The number of nitrogens with zero attached hydrogens (tertiary/aromatic N) is 2. The van der Waals surface area contributed by atoms with Crippen molar-refractivity contribution in [1.82, 2.24) is 9.21 Å². The van der Waals surface area contributed by atoms with E-state index in [0.717, 1.165) is 45.4 Å². The number of likely N-dealkylation sites (N-methyl/N-ethyl adjacent to an activating group) is 1. The fraction of sp³-hybridized carbons (Fsp3) is 0.500. The lowest BCUT2D eigenvalue weighted by atomic mass is 9.81. The van der Waals surface area contributed by atoms with E-state index in [1.807, 2.05) is 0 Å². The zero-order valence-corrected chi connectivity index (χ0v) is 20.2. The van der Waals surface area contributed by atoms with Crippen molar-refractivity contribution >= 4 is 21.6 Å². The molecule has 1 saturated carbocycles. The van der Waals surface area contributed by atoms with Crippen molar-refractivity contribution in [2.75, 3.05) is 34.4 Å². The molecule has 2 aromatic carbocycles. The van der Waals surface area contributed by atoms with E-state index in [0.29, 0.717) is 15.8 Å². The molecule has 0 atom stereocenters. The maximum atomic E-state index is 13.0. The van der Waals surface area contributed by atoms with Gasteiger partial charge in [-0.15, -0.1) is 0 Å². The smallest absolute Gasteiger partial charge is 0.243 e. The molecule has 1 aliphatic rings. The second kappa shape index (κ2) is 10.9. The second-order valence-electron chi connectivity index (χ2n) is 8.45. The second-order valence-corrected chi connectivity index (χ2v) is 10.9. The highest BCUT2D eigenvalue weighted by molar-refractivity contribution is 7.89. The third-order valence-electron chi connectivity index (χ3n) is 6.28. The predicted molar refractivity (Wildman–Crippen MR) is 126 cm³/mol. The molecule has 0 bridgehead atoms. The number of hydrogen-bond acceptors (Lipinski definition) is 4. The van der Waals surface area contributed by atoms with Gasteiger partial charge in [-0.3, -0.25) is 4.90 Å². The van der Waals surface area contributed by atoms with E-state index in [2.05, 4.69) is 36.2 Å². The standard InChI is InChI=1S/C24H33ClN2O3S/c1-26(16-17-30-3)18-19-4-6-20(7-5-19)21-8-12-23(13-9-21)27(2)31(28,29)24-14-10-22(25)11-15-24/h4-7,10-11,14-15,21,23H,8-9,12-13,16-18H2,1-3H3. The number of halogens is 1. The molecular weight excluding hydrogens is 432 g/mol. The van der Waals surface area contributed by atoms with Crippen LogP contribution in [0.5, 0.6) is 0 Å².